The fourth-order valence-electron chi connectivity index (χ4n) is 2.36. The number of methoxy groups -OCH3 is 1. The highest BCUT2D eigenvalue weighted by molar-refractivity contribution is 6.39. The average molecular weight is 361 g/mol. The van der Waals surface area contributed by atoms with E-state index in [1.807, 2.05) is 6.92 Å². The molecular formula is C18H23N3O5. The SMILES string of the molecule is CC[C@](C)(CO)N(C)C(=O)C(=O)Nc1ccc(-c2cnco2)c(OC)c1. The van der Waals surface area contributed by atoms with E-state index in [0.717, 1.165) is 0 Å². The molecule has 0 bridgehead atoms. The molecule has 0 aliphatic heterocycles. The van der Waals surface area contributed by atoms with E-state index in [9.17, 15) is 14.7 Å². The molecule has 1 atom stereocenters. The van der Waals surface area contributed by atoms with E-state index in [1.54, 1.807) is 31.3 Å². The number of carbonyl (C=O) groups is 2. The Bertz CT molecular complexity index is 769. The van der Waals surface area contributed by atoms with Crippen LogP contribution in [0.3, 0.4) is 0 Å². The fraction of sp³-hybridized carbons (Fsp3) is 0.389. The van der Waals surface area contributed by atoms with Crippen molar-refractivity contribution in [2.75, 3.05) is 26.1 Å². The highest BCUT2D eigenvalue weighted by Crippen LogP contribution is 2.32. The van der Waals surface area contributed by atoms with Crippen LogP contribution in [-0.4, -0.2) is 53.1 Å². The Labute approximate surface area is 151 Å². The third-order valence-electron chi connectivity index (χ3n) is 4.57. The number of aromatic nitrogens is 1. The zero-order chi connectivity index (χ0) is 19.3. The van der Waals surface area contributed by atoms with Gasteiger partial charge in [0.2, 0.25) is 0 Å². The summed E-state index contributed by atoms with van der Waals surface area (Å²) in [4.78, 5) is 29.8. The van der Waals surface area contributed by atoms with Crippen LogP contribution in [0, 0.1) is 0 Å². The lowest BCUT2D eigenvalue weighted by Crippen LogP contribution is -2.52. The predicted molar refractivity (Wildman–Crippen MR) is 95.7 cm³/mol. The summed E-state index contributed by atoms with van der Waals surface area (Å²) in [5.41, 5.74) is 0.270. The number of nitrogens with zero attached hydrogens (tertiary/aromatic N) is 2. The topological polar surface area (TPSA) is 105 Å². The molecule has 0 spiro atoms. The highest BCUT2D eigenvalue weighted by atomic mass is 16.5. The number of anilines is 1. The van der Waals surface area contributed by atoms with Gasteiger partial charge in [-0.2, -0.15) is 0 Å². The number of aliphatic hydroxyl groups excluding tert-OH is 1. The molecule has 0 unspecified atom stereocenters. The van der Waals surface area contributed by atoms with E-state index in [4.69, 9.17) is 9.15 Å². The Kier molecular flexibility index (Phi) is 5.99. The first-order valence-electron chi connectivity index (χ1n) is 8.13. The number of oxazole rings is 1. The first-order chi connectivity index (χ1) is 12.4. The maximum Gasteiger partial charge on any atom is 0.313 e. The van der Waals surface area contributed by atoms with Gasteiger partial charge in [0, 0.05) is 18.8 Å². The van der Waals surface area contributed by atoms with Gasteiger partial charge in [-0.15, -0.1) is 0 Å². The van der Waals surface area contributed by atoms with Crippen LogP contribution in [0.1, 0.15) is 20.3 Å². The molecule has 1 heterocycles. The van der Waals surface area contributed by atoms with Crippen molar-refractivity contribution in [1.29, 1.82) is 0 Å². The number of rotatable bonds is 6. The first kappa shape index (κ1) is 19.5. The van der Waals surface area contributed by atoms with Gasteiger partial charge < -0.3 is 24.5 Å². The largest absolute Gasteiger partial charge is 0.496 e. The Morgan fingerprint density at radius 1 is 1.42 bits per heavy atom. The zero-order valence-corrected chi connectivity index (χ0v) is 15.3. The first-order valence-corrected chi connectivity index (χ1v) is 8.13. The van der Waals surface area contributed by atoms with Crippen molar-refractivity contribution in [1.82, 2.24) is 9.88 Å². The monoisotopic (exact) mass is 361 g/mol. The molecule has 8 heteroatoms. The van der Waals surface area contributed by atoms with Crippen molar-refractivity contribution < 1.29 is 23.8 Å². The summed E-state index contributed by atoms with van der Waals surface area (Å²) in [6.07, 6.45) is 3.37. The van der Waals surface area contributed by atoms with Crippen LogP contribution < -0.4 is 10.1 Å². The van der Waals surface area contributed by atoms with Crippen LogP contribution >= 0.6 is 0 Å². The zero-order valence-electron chi connectivity index (χ0n) is 15.3. The summed E-state index contributed by atoms with van der Waals surface area (Å²) >= 11 is 0. The molecule has 1 aromatic carbocycles. The second kappa shape index (κ2) is 8.01. The van der Waals surface area contributed by atoms with E-state index >= 15 is 0 Å². The summed E-state index contributed by atoms with van der Waals surface area (Å²) in [7, 11) is 2.99. The summed E-state index contributed by atoms with van der Waals surface area (Å²) in [6.45, 7) is 3.32. The van der Waals surface area contributed by atoms with Gasteiger partial charge in [0.1, 0.15) is 5.75 Å². The lowest BCUT2D eigenvalue weighted by molar-refractivity contribution is -0.147. The molecule has 140 valence electrons. The van der Waals surface area contributed by atoms with Gasteiger partial charge in [0.05, 0.1) is 31.0 Å². The van der Waals surface area contributed by atoms with Crippen molar-refractivity contribution in [2.24, 2.45) is 0 Å². The standard InChI is InChI=1S/C18H23N3O5/c1-5-18(2,10-22)21(3)17(24)16(23)20-12-6-7-13(14(8-12)25-4)15-9-19-11-26-15/h6-9,11,22H,5,10H2,1-4H3,(H,20,23)/t18-/m1/s1. The average Bonchev–Trinajstić information content (AvgIpc) is 3.20. The maximum atomic E-state index is 12.4. The van der Waals surface area contributed by atoms with Crippen LogP contribution in [0.2, 0.25) is 0 Å². The number of hydrogen-bond acceptors (Lipinski definition) is 6. The van der Waals surface area contributed by atoms with Crippen molar-refractivity contribution in [3.8, 4) is 17.1 Å². The van der Waals surface area contributed by atoms with Crippen LogP contribution in [0.5, 0.6) is 5.75 Å². The Balaban J connectivity index is 2.18. The summed E-state index contributed by atoms with van der Waals surface area (Å²) < 4.78 is 10.6. The van der Waals surface area contributed by atoms with Gasteiger partial charge in [-0.3, -0.25) is 9.59 Å². The Morgan fingerprint density at radius 3 is 2.69 bits per heavy atom. The number of aliphatic hydroxyl groups is 1. The van der Waals surface area contributed by atoms with Crippen LogP contribution in [-0.2, 0) is 9.59 Å². The fourth-order valence-corrected chi connectivity index (χ4v) is 2.36. The number of nitrogens with one attached hydrogen (secondary N) is 1. The summed E-state index contributed by atoms with van der Waals surface area (Å²) in [6, 6.07) is 4.93. The number of hydrogen-bond donors (Lipinski definition) is 2. The lowest BCUT2D eigenvalue weighted by atomic mass is 9.98. The van der Waals surface area contributed by atoms with Gasteiger partial charge in [-0.1, -0.05) is 6.92 Å². The number of carbonyl (C=O) groups excluding carboxylic acids is 2. The van der Waals surface area contributed by atoms with E-state index in [1.165, 1.54) is 25.5 Å². The van der Waals surface area contributed by atoms with E-state index in [-0.39, 0.29) is 6.61 Å². The molecule has 2 N–H and O–H groups in total. The maximum absolute atomic E-state index is 12.4. The molecule has 2 aromatic rings. The molecular weight excluding hydrogens is 338 g/mol. The molecule has 26 heavy (non-hydrogen) atoms. The minimum absolute atomic E-state index is 0.237. The number of amides is 2. The molecule has 0 saturated heterocycles. The second-order valence-corrected chi connectivity index (χ2v) is 6.11. The third kappa shape index (κ3) is 3.85. The van der Waals surface area contributed by atoms with E-state index in [0.29, 0.717) is 29.2 Å². The van der Waals surface area contributed by atoms with Crippen molar-refractivity contribution in [2.45, 2.75) is 25.8 Å². The van der Waals surface area contributed by atoms with Gasteiger partial charge in [-0.05, 0) is 25.5 Å². The predicted octanol–water partition coefficient (Wildman–Crippen LogP) is 1.91. The van der Waals surface area contributed by atoms with Crippen molar-refractivity contribution in [3.05, 3.63) is 30.8 Å². The highest BCUT2D eigenvalue weighted by Gasteiger charge is 2.33. The van der Waals surface area contributed by atoms with Crippen molar-refractivity contribution in [3.63, 3.8) is 0 Å². The van der Waals surface area contributed by atoms with Crippen LogP contribution in [0.25, 0.3) is 11.3 Å². The molecule has 2 rings (SSSR count). The molecule has 0 fully saturated rings. The van der Waals surface area contributed by atoms with Gasteiger partial charge in [-0.25, -0.2) is 4.98 Å². The van der Waals surface area contributed by atoms with Crippen LogP contribution in [0.15, 0.2) is 35.2 Å². The lowest BCUT2D eigenvalue weighted by Gasteiger charge is -2.36. The summed E-state index contributed by atoms with van der Waals surface area (Å²) in [5, 5.41) is 12.1. The molecule has 0 aliphatic rings. The van der Waals surface area contributed by atoms with E-state index in [2.05, 4.69) is 10.3 Å². The molecule has 8 nitrogen and oxygen atoms in total. The second-order valence-electron chi connectivity index (χ2n) is 6.11. The minimum Gasteiger partial charge on any atom is -0.496 e. The van der Waals surface area contributed by atoms with Crippen molar-refractivity contribution >= 4 is 17.5 Å². The smallest absolute Gasteiger partial charge is 0.313 e. The Morgan fingerprint density at radius 2 is 2.15 bits per heavy atom. The number of likely N-dealkylation sites (N-methyl/N-ethyl adjacent to an activating group) is 1. The number of ether oxygens (including phenoxy) is 1. The quantitative estimate of drug-likeness (QED) is 0.762. The third-order valence-corrected chi connectivity index (χ3v) is 4.57. The summed E-state index contributed by atoms with van der Waals surface area (Å²) in [5.74, 6) is -0.539. The van der Waals surface area contributed by atoms with Gasteiger partial charge in [0.15, 0.2) is 12.2 Å². The van der Waals surface area contributed by atoms with E-state index < -0.39 is 17.4 Å². The van der Waals surface area contributed by atoms with Crippen LogP contribution in [0.4, 0.5) is 5.69 Å². The van der Waals surface area contributed by atoms with Gasteiger partial charge >= 0.3 is 11.8 Å². The Hall–Kier alpha value is -2.87. The minimum atomic E-state index is -0.803. The van der Waals surface area contributed by atoms with Gasteiger partial charge in [0.25, 0.3) is 0 Å². The molecule has 0 radical (unpaired) electrons. The molecule has 0 saturated carbocycles. The molecule has 2 amide bonds. The normalized spacial score (nSPS) is 13.0. The molecule has 0 aliphatic carbocycles. The molecule has 1 aromatic heterocycles. The number of benzene rings is 1.